The normalized spacial score (nSPS) is 11.5. The van der Waals surface area contributed by atoms with Gasteiger partial charge in [0.15, 0.2) is 0 Å². The number of benzene rings is 10. The molecule has 10 aromatic carbocycles. The van der Waals surface area contributed by atoms with Crippen molar-refractivity contribution in [2.24, 2.45) is 0 Å². The Morgan fingerprint density at radius 1 is 0.154 bits per heavy atom. The molecule has 0 aromatic heterocycles. The van der Waals surface area contributed by atoms with Crippen molar-refractivity contribution >= 4 is 43.1 Å². The van der Waals surface area contributed by atoms with Crippen molar-refractivity contribution < 1.29 is 0 Å². The molecule has 0 aliphatic rings. The highest BCUT2D eigenvalue weighted by Crippen LogP contribution is 2.48. The van der Waals surface area contributed by atoms with Crippen molar-refractivity contribution in [3.05, 3.63) is 206 Å². The predicted molar refractivity (Wildman–Crippen MR) is 224 cm³/mol. The largest absolute Gasteiger partial charge is 0.0622 e. The van der Waals surface area contributed by atoms with Crippen LogP contribution in [-0.2, 0) is 0 Å². The third-order valence-corrected chi connectivity index (χ3v) is 10.6. The van der Waals surface area contributed by atoms with E-state index in [0.717, 1.165) is 0 Å². The van der Waals surface area contributed by atoms with Gasteiger partial charge in [0, 0.05) is 0 Å². The molecule has 242 valence electrons. The zero-order valence-corrected chi connectivity index (χ0v) is 28.6. The van der Waals surface area contributed by atoms with E-state index in [0.29, 0.717) is 0 Å². The fourth-order valence-electron chi connectivity index (χ4n) is 8.42. The molecule has 0 amide bonds. The maximum absolute atomic E-state index is 2.44. The summed E-state index contributed by atoms with van der Waals surface area (Å²) in [5, 5.41) is 10.1. The van der Waals surface area contributed by atoms with Gasteiger partial charge in [-0.15, -0.1) is 0 Å². The van der Waals surface area contributed by atoms with Crippen molar-refractivity contribution in [1.82, 2.24) is 0 Å². The topological polar surface area (TPSA) is 0 Å². The van der Waals surface area contributed by atoms with Gasteiger partial charge in [-0.3, -0.25) is 0 Å². The van der Waals surface area contributed by atoms with E-state index in [2.05, 4.69) is 206 Å². The monoisotopic (exact) mass is 658 g/mol. The molecule has 0 saturated heterocycles. The highest BCUT2D eigenvalue weighted by atomic mass is 14.2. The van der Waals surface area contributed by atoms with E-state index in [1.807, 2.05) is 0 Å². The Kier molecular flexibility index (Phi) is 7.25. The molecule has 0 aliphatic carbocycles. The van der Waals surface area contributed by atoms with Gasteiger partial charge >= 0.3 is 0 Å². The molecule has 10 rings (SSSR count). The van der Waals surface area contributed by atoms with E-state index in [1.54, 1.807) is 0 Å². The molecule has 0 nitrogen and oxygen atoms in total. The smallest absolute Gasteiger partial charge is 0.00259 e. The lowest BCUT2D eigenvalue weighted by Gasteiger charge is -2.21. The Morgan fingerprint density at radius 3 is 0.654 bits per heavy atom. The van der Waals surface area contributed by atoms with Crippen LogP contribution in [0.2, 0.25) is 0 Å². The Morgan fingerprint density at radius 2 is 0.365 bits per heavy atom. The zero-order valence-electron chi connectivity index (χ0n) is 28.6. The van der Waals surface area contributed by atoms with Gasteiger partial charge < -0.3 is 0 Å². The Bertz CT molecular complexity index is 2630. The second-order valence-electron chi connectivity index (χ2n) is 13.6. The zero-order chi connectivity index (χ0) is 34.4. The van der Waals surface area contributed by atoms with Crippen LogP contribution in [0.25, 0.3) is 98.7 Å². The third kappa shape index (κ3) is 4.92. The second-order valence-corrected chi connectivity index (χ2v) is 13.6. The summed E-state index contributed by atoms with van der Waals surface area (Å²) in [6, 6.07) is 75.6. The predicted octanol–water partition coefficient (Wildman–Crippen LogP) is 14.6. The van der Waals surface area contributed by atoms with Crippen LogP contribution in [0.15, 0.2) is 206 Å². The molecular weight excluding hydrogens is 625 g/mol. The van der Waals surface area contributed by atoms with E-state index >= 15 is 0 Å². The number of fused-ring (bicyclic) bond motifs is 4. The Hall–Kier alpha value is -6.76. The maximum Gasteiger partial charge on any atom is -0.00259 e. The van der Waals surface area contributed by atoms with E-state index in [9.17, 15) is 0 Å². The standard InChI is InChI=1S/C52H34/c1-4-18-35(19-5-1)38-32-39(51-45-28-14-10-24-41(45)49(36-20-6-2-7-21-36)42-25-11-15-29-46(42)51)34-40(33-38)52-47-30-16-12-26-43(47)50(37-22-8-3-9-23-37)44-27-13-17-31-48(44)52/h1-34H. The van der Waals surface area contributed by atoms with Gasteiger partial charge in [0.2, 0.25) is 0 Å². The highest BCUT2D eigenvalue weighted by molar-refractivity contribution is 6.24. The average molecular weight is 659 g/mol. The molecular formula is C52H34. The van der Waals surface area contributed by atoms with E-state index in [4.69, 9.17) is 0 Å². The van der Waals surface area contributed by atoms with Gasteiger partial charge in [0.1, 0.15) is 0 Å². The second kappa shape index (κ2) is 12.5. The fourth-order valence-corrected chi connectivity index (χ4v) is 8.42. The molecule has 0 bridgehead atoms. The summed E-state index contributed by atoms with van der Waals surface area (Å²) in [5.74, 6) is 0. The van der Waals surface area contributed by atoms with Crippen LogP contribution in [0, 0.1) is 0 Å². The van der Waals surface area contributed by atoms with Gasteiger partial charge in [-0.25, -0.2) is 0 Å². The van der Waals surface area contributed by atoms with Gasteiger partial charge in [-0.2, -0.15) is 0 Å². The van der Waals surface area contributed by atoms with Gasteiger partial charge in [0.25, 0.3) is 0 Å². The van der Waals surface area contributed by atoms with Crippen LogP contribution in [0.5, 0.6) is 0 Å². The van der Waals surface area contributed by atoms with Gasteiger partial charge in [0.05, 0.1) is 0 Å². The molecule has 0 heteroatoms. The van der Waals surface area contributed by atoms with Gasteiger partial charge in [-0.05, 0) is 117 Å². The molecule has 0 heterocycles. The third-order valence-electron chi connectivity index (χ3n) is 10.6. The van der Waals surface area contributed by atoms with Crippen molar-refractivity contribution in [2.45, 2.75) is 0 Å². The molecule has 0 fully saturated rings. The van der Waals surface area contributed by atoms with Crippen LogP contribution in [0.1, 0.15) is 0 Å². The molecule has 0 unspecified atom stereocenters. The van der Waals surface area contributed by atoms with Gasteiger partial charge in [-0.1, -0.05) is 188 Å². The summed E-state index contributed by atoms with van der Waals surface area (Å²) in [6.07, 6.45) is 0. The first-order valence-corrected chi connectivity index (χ1v) is 18.0. The molecule has 52 heavy (non-hydrogen) atoms. The maximum atomic E-state index is 2.44. The molecule has 10 aromatic rings. The average Bonchev–Trinajstić information content (AvgIpc) is 3.22. The molecule has 0 atom stereocenters. The fraction of sp³-hybridized carbons (Fsp3) is 0. The van der Waals surface area contributed by atoms with E-state index < -0.39 is 0 Å². The minimum Gasteiger partial charge on any atom is -0.0622 e. The number of hydrogen-bond acceptors (Lipinski definition) is 0. The van der Waals surface area contributed by atoms with E-state index in [-0.39, 0.29) is 0 Å². The van der Waals surface area contributed by atoms with Crippen LogP contribution in [0.4, 0.5) is 0 Å². The lowest BCUT2D eigenvalue weighted by molar-refractivity contribution is 1.60. The first-order valence-electron chi connectivity index (χ1n) is 18.0. The summed E-state index contributed by atoms with van der Waals surface area (Å²) in [4.78, 5) is 0. The van der Waals surface area contributed by atoms with Crippen LogP contribution < -0.4 is 0 Å². The van der Waals surface area contributed by atoms with Crippen molar-refractivity contribution in [2.75, 3.05) is 0 Å². The van der Waals surface area contributed by atoms with Crippen LogP contribution in [-0.4, -0.2) is 0 Å². The first kappa shape index (κ1) is 30.1. The lowest BCUT2D eigenvalue weighted by Crippen LogP contribution is -1.94. The molecule has 0 spiro atoms. The van der Waals surface area contributed by atoms with Crippen molar-refractivity contribution in [3.63, 3.8) is 0 Å². The number of hydrogen-bond donors (Lipinski definition) is 0. The summed E-state index contributed by atoms with van der Waals surface area (Å²) >= 11 is 0. The number of rotatable bonds is 5. The Labute approximate surface area is 303 Å². The molecule has 0 saturated carbocycles. The molecule has 0 aliphatic heterocycles. The van der Waals surface area contributed by atoms with Crippen LogP contribution in [0.3, 0.4) is 0 Å². The SMILES string of the molecule is c1ccc(-c2cc(-c3c4ccccc4c(-c4ccccc4)c4ccccc34)cc(-c3c4ccccc4c(-c4ccccc4)c4ccccc34)c2)cc1. The van der Waals surface area contributed by atoms with E-state index in [1.165, 1.54) is 98.7 Å². The minimum atomic E-state index is 1.20. The van der Waals surface area contributed by atoms with Crippen LogP contribution >= 0.6 is 0 Å². The molecule has 0 radical (unpaired) electrons. The summed E-state index contributed by atoms with van der Waals surface area (Å²) < 4.78 is 0. The first-order chi connectivity index (χ1) is 25.8. The highest BCUT2D eigenvalue weighted by Gasteiger charge is 2.20. The summed E-state index contributed by atoms with van der Waals surface area (Å²) in [6.45, 7) is 0. The Balaban J connectivity index is 1.34. The lowest BCUT2D eigenvalue weighted by atomic mass is 9.82. The molecule has 0 N–H and O–H groups in total. The summed E-state index contributed by atoms with van der Waals surface area (Å²) in [7, 11) is 0. The van der Waals surface area contributed by atoms with Crippen molar-refractivity contribution in [3.8, 4) is 55.6 Å². The summed E-state index contributed by atoms with van der Waals surface area (Å²) in [5.41, 5.74) is 12.4. The van der Waals surface area contributed by atoms with Crippen molar-refractivity contribution in [1.29, 1.82) is 0 Å². The quantitative estimate of drug-likeness (QED) is 0.161. The minimum absolute atomic E-state index is 1.20.